The number of nitrogens with zero attached hydrogens (tertiary/aromatic N) is 1. The van der Waals surface area contributed by atoms with Gasteiger partial charge in [0.15, 0.2) is 4.34 Å². The Bertz CT molecular complexity index is 866. The minimum Gasteiger partial charge on any atom is -0.322 e. The smallest absolute Gasteiger partial charge is 0.257 e. The van der Waals surface area contributed by atoms with E-state index in [1.165, 1.54) is 12.1 Å². The minimum absolute atomic E-state index is 0.0843. The van der Waals surface area contributed by atoms with Gasteiger partial charge in [-0.05, 0) is 42.7 Å². The summed E-state index contributed by atoms with van der Waals surface area (Å²) in [6.45, 7) is 0. The van der Waals surface area contributed by atoms with Crippen LogP contribution in [0.4, 0.5) is 10.1 Å². The Morgan fingerprint density at radius 2 is 2.14 bits per heavy atom. The van der Waals surface area contributed by atoms with Crippen LogP contribution in [0.1, 0.15) is 10.4 Å². The highest BCUT2D eigenvalue weighted by molar-refractivity contribution is 8.00. The van der Waals surface area contributed by atoms with Crippen molar-refractivity contribution in [2.24, 2.45) is 0 Å². The lowest BCUT2D eigenvalue weighted by Crippen LogP contribution is -2.12. The van der Waals surface area contributed by atoms with Crippen molar-refractivity contribution in [1.82, 2.24) is 4.98 Å². The molecule has 22 heavy (non-hydrogen) atoms. The number of fused-ring (bicyclic) bond motifs is 1. The monoisotopic (exact) mass is 352 g/mol. The molecule has 0 radical (unpaired) electrons. The number of hydrogen-bond acceptors (Lipinski definition) is 4. The van der Waals surface area contributed by atoms with Crippen molar-refractivity contribution in [3.63, 3.8) is 0 Å². The van der Waals surface area contributed by atoms with Crippen molar-refractivity contribution in [3.8, 4) is 0 Å². The second-order valence-corrected chi connectivity index (χ2v) is 6.94. The third-order valence-electron chi connectivity index (χ3n) is 2.98. The van der Waals surface area contributed by atoms with Gasteiger partial charge in [-0.3, -0.25) is 4.79 Å². The van der Waals surface area contributed by atoms with Crippen LogP contribution < -0.4 is 5.32 Å². The molecule has 1 amide bonds. The zero-order chi connectivity index (χ0) is 15.7. The predicted molar refractivity (Wildman–Crippen MR) is 90.8 cm³/mol. The number of aromatic nitrogens is 1. The average molecular weight is 353 g/mol. The first-order valence-corrected chi connectivity index (χ1v) is 8.70. The molecule has 0 spiro atoms. The maximum atomic E-state index is 13.0. The molecule has 7 heteroatoms. The van der Waals surface area contributed by atoms with Crippen molar-refractivity contribution < 1.29 is 9.18 Å². The Labute approximate surface area is 139 Å². The van der Waals surface area contributed by atoms with Gasteiger partial charge in [-0.15, -0.1) is 11.3 Å². The van der Waals surface area contributed by atoms with Gasteiger partial charge in [0.05, 0.1) is 20.8 Å². The second kappa shape index (κ2) is 6.24. The summed E-state index contributed by atoms with van der Waals surface area (Å²) in [6, 6.07) is 9.19. The normalized spacial score (nSPS) is 10.9. The number of nitrogens with one attached hydrogen (secondary N) is 1. The molecule has 0 unspecified atom stereocenters. The predicted octanol–water partition coefficient (Wildman–Crippen LogP) is 5.06. The van der Waals surface area contributed by atoms with E-state index < -0.39 is 5.82 Å². The molecule has 0 aliphatic rings. The van der Waals surface area contributed by atoms with E-state index in [4.69, 9.17) is 11.6 Å². The summed E-state index contributed by atoms with van der Waals surface area (Å²) >= 11 is 9.04. The van der Waals surface area contributed by atoms with Crippen molar-refractivity contribution in [1.29, 1.82) is 0 Å². The van der Waals surface area contributed by atoms with Crippen LogP contribution in [-0.2, 0) is 0 Å². The maximum Gasteiger partial charge on any atom is 0.257 e. The molecule has 0 fully saturated rings. The van der Waals surface area contributed by atoms with E-state index in [0.717, 1.165) is 20.6 Å². The van der Waals surface area contributed by atoms with Crippen LogP contribution in [0.25, 0.3) is 10.2 Å². The van der Waals surface area contributed by atoms with Crippen LogP contribution >= 0.6 is 34.7 Å². The van der Waals surface area contributed by atoms with Gasteiger partial charge < -0.3 is 5.32 Å². The van der Waals surface area contributed by atoms with Crippen molar-refractivity contribution >= 4 is 56.5 Å². The number of thiazole rings is 1. The lowest BCUT2D eigenvalue weighted by molar-refractivity contribution is 0.102. The van der Waals surface area contributed by atoms with Crippen LogP contribution in [0.3, 0.4) is 0 Å². The number of rotatable bonds is 3. The molecule has 0 aliphatic heterocycles. The highest BCUT2D eigenvalue weighted by atomic mass is 35.5. The number of amides is 1. The summed E-state index contributed by atoms with van der Waals surface area (Å²) in [4.78, 5) is 16.6. The Morgan fingerprint density at radius 1 is 1.32 bits per heavy atom. The topological polar surface area (TPSA) is 42.0 Å². The van der Waals surface area contributed by atoms with Gasteiger partial charge >= 0.3 is 0 Å². The number of benzene rings is 2. The van der Waals surface area contributed by atoms with Crippen molar-refractivity contribution in [3.05, 3.63) is 52.8 Å². The van der Waals surface area contributed by atoms with E-state index in [0.29, 0.717) is 5.69 Å². The largest absolute Gasteiger partial charge is 0.322 e. The molecule has 3 rings (SSSR count). The molecule has 0 saturated heterocycles. The second-order valence-electron chi connectivity index (χ2n) is 4.44. The number of carbonyl (C=O) groups excluding carboxylic acids is 1. The standard InChI is InChI=1S/C15H10ClFN2OS2/c1-21-15-19-12-5-3-9(7-13(12)22-15)18-14(20)10-4-2-8(17)6-11(10)16/h2-7H,1H3,(H,18,20). The van der Waals surface area contributed by atoms with Gasteiger partial charge in [-0.2, -0.15) is 0 Å². The van der Waals surface area contributed by atoms with Crippen molar-refractivity contribution in [2.75, 3.05) is 11.6 Å². The summed E-state index contributed by atoms with van der Waals surface area (Å²) in [7, 11) is 0. The number of halogens is 2. The lowest BCUT2D eigenvalue weighted by Gasteiger charge is -2.06. The van der Waals surface area contributed by atoms with Crippen LogP contribution in [0.15, 0.2) is 40.7 Å². The third kappa shape index (κ3) is 3.09. The summed E-state index contributed by atoms with van der Waals surface area (Å²) in [6.07, 6.45) is 1.97. The van der Waals surface area contributed by atoms with E-state index in [2.05, 4.69) is 10.3 Å². The molecule has 1 aromatic heterocycles. The zero-order valence-electron chi connectivity index (χ0n) is 11.4. The fraction of sp³-hybridized carbons (Fsp3) is 0.0667. The highest BCUT2D eigenvalue weighted by Gasteiger charge is 2.12. The Balaban J connectivity index is 1.87. The number of hydrogen-bond donors (Lipinski definition) is 1. The van der Waals surface area contributed by atoms with Crippen LogP contribution in [0.5, 0.6) is 0 Å². The van der Waals surface area contributed by atoms with Gasteiger partial charge in [-0.1, -0.05) is 23.4 Å². The molecule has 3 nitrogen and oxygen atoms in total. The average Bonchev–Trinajstić information content (AvgIpc) is 2.89. The molecule has 0 saturated carbocycles. The van der Waals surface area contributed by atoms with E-state index in [1.807, 2.05) is 18.4 Å². The molecule has 0 atom stereocenters. The Kier molecular flexibility index (Phi) is 4.33. The lowest BCUT2D eigenvalue weighted by atomic mass is 10.2. The fourth-order valence-corrected chi connectivity index (χ4v) is 3.72. The molecule has 2 aromatic carbocycles. The summed E-state index contributed by atoms with van der Waals surface area (Å²) in [5.41, 5.74) is 1.78. The first-order chi connectivity index (χ1) is 10.6. The quantitative estimate of drug-likeness (QED) is 0.670. The van der Waals surface area contributed by atoms with Gasteiger partial charge in [0.1, 0.15) is 5.82 Å². The summed E-state index contributed by atoms with van der Waals surface area (Å²) < 4.78 is 15.0. The molecule has 0 aliphatic carbocycles. The van der Waals surface area contributed by atoms with Crippen LogP contribution in [0.2, 0.25) is 5.02 Å². The first-order valence-electron chi connectivity index (χ1n) is 6.28. The van der Waals surface area contributed by atoms with E-state index >= 15 is 0 Å². The Hall–Kier alpha value is -1.63. The number of thioether (sulfide) groups is 1. The number of carbonyl (C=O) groups is 1. The molecule has 112 valence electrons. The first kappa shape index (κ1) is 15.3. The molecular formula is C15H10ClFN2OS2. The van der Waals surface area contributed by atoms with Crippen LogP contribution in [0, 0.1) is 5.82 Å². The molecule has 1 heterocycles. The summed E-state index contributed by atoms with van der Waals surface area (Å²) in [5, 5.41) is 2.85. The van der Waals surface area contributed by atoms with E-state index in [-0.39, 0.29) is 16.5 Å². The summed E-state index contributed by atoms with van der Waals surface area (Å²) in [5.74, 6) is -0.851. The van der Waals surface area contributed by atoms with Crippen LogP contribution in [-0.4, -0.2) is 17.1 Å². The van der Waals surface area contributed by atoms with Crippen molar-refractivity contribution in [2.45, 2.75) is 4.34 Å². The highest BCUT2D eigenvalue weighted by Crippen LogP contribution is 2.30. The SMILES string of the molecule is CSc1nc2ccc(NC(=O)c3ccc(F)cc3Cl)cc2s1. The Morgan fingerprint density at radius 3 is 2.86 bits per heavy atom. The molecule has 1 N–H and O–H groups in total. The number of anilines is 1. The van der Waals surface area contributed by atoms with E-state index in [1.54, 1.807) is 29.2 Å². The van der Waals surface area contributed by atoms with Gasteiger partial charge in [-0.25, -0.2) is 9.37 Å². The molecule has 0 bridgehead atoms. The third-order valence-corrected chi connectivity index (χ3v) is 5.29. The maximum absolute atomic E-state index is 13.0. The zero-order valence-corrected chi connectivity index (χ0v) is 13.8. The minimum atomic E-state index is -0.475. The van der Waals surface area contributed by atoms with Gasteiger partial charge in [0.25, 0.3) is 5.91 Å². The molecule has 3 aromatic rings. The van der Waals surface area contributed by atoms with Gasteiger partial charge in [0, 0.05) is 5.69 Å². The fourth-order valence-electron chi connectivity index (χ4n) is 1.94. The molecular weight excluding hydrogens is 343 g/mol. The van der Waals surface area contributed by atoms with E-state index in [9.17, 15) is 9.18 Å². The van der Waals surface area contributed by atoms with Gasteiger partial charge in [0.2, 0.25) is 0 Å².